The third-order valence-corrected chi connectivity index (χ3v) is 3.13. The molecule has 0 aromatic heterocycles. The lowest BCUT2D eigenvalue weighted by atomic mass is 10.1. The molecule has 19 heavy (non-hydrogen) atoms. The average molecular weight is 295 g/mol. The minimum absolute atomic E-state index is 0.277. The molecule has 0 aliphatic rings. The van der Waals surface area contributed by atoms with Gasteiger partial charge in [0.2, 0.25) is 0 Å². The first-order valence-corrected chi connectivity index (χ1v) is 6.23. The number of nitrogens with zero attached hydrogens (tertiary/aromatic N) is 1. The Morgan fingerprint density at radius 2 is 1.95 bits per heavy atom. The summed E-state index contributed by atoms with van der Waals surface area (Å²) in [7, 11) is 0. The van der Waals surface area contributed by atoms with Gasteiger partial charge in [-0.3, -0.25) is 0 Å². The minimum atomic E-state index is -0.420. The molecular formula is C14H9Cl2FN2. The van der Waals surface area contributed by atoms with E-state index in [4.69, 9.17) is 28.5 Å². The summed E-state index contributed by atoms with van der Waals surface area (Å²) in [6.45, 7) is 0.277. The topological polar surface area (TPSA) is 35.8 Å². The van der Waals surface area contributed by atoms with Gasteiger partial charge in [-0.25, -0.2) is 4.39 Å². The van der Waals surface area contributed by atoms with Crippen LogP contribution in [0.15, 0.2) is 36.4 Å². The molecule has 96 valence electrons. The van der Waals surface area contributed by atoms with Crippen LogP contribution in [0.5, 0.6) is 0 Å². The van der Waals surface area contributed by atoms with Crippen LogP contribution in [0.25, 0.3) is 0 Å². The van der Waals surface area contributed by atoms with Gasteiger partial charge in [0.1, 0.15) is 5.82 Å². The van der Waals surface area contributed by atoms with E-state index in [0.717, 1.165) is 0 Å². The molecule has 0 bridgehead atoms. The molecule has 2 rings (SSSR count). The van der Waals surface area contributed by atoms with E-state index in [2.05, 4.69) is 5.32 Å². The van der Waals surface area contributed by atoms with E-state index in [0.29, 0.717) is 26.9 Å². The van der Waals surface area contributed by atoms with Crippen molar-refractivity contribution in [3.63, 3.8) is 0 Å². The van der Waals surface area contributed by atoms with Crippen molar-refractivity contribution in [3.05, 3.63) is 63.4 Å². The Morgan fingerprint density at radius 1 is 1.16 bits per heavy atom. The zero-order valence-electron chi connectivity index (χ0n) is 9.75. The Bertz CT molecular complexity index is 650. The van der Waals surface area contributed by atoms with Crippen molar-refractivity contribution in [2.75, 3.05) is 5.32 Å². The van der Waals surface area contributed by atoms with Crippen molar-refractivity contribution in [3.8, 4) is 6.07 Å². The van der Waals surface area contributed by atoms with Crippen LogP contribution in [0, 0.1) is 17.1 Å². The maximum atomic E-state index is 13.7. The summed E-state index contributed by atoms with van der Waals surface area (Å²) in [4.78, 5) is 0. The SMILES string of the molecule is N#Cc1ccc(CNc2ccc(Cl)cc2Cl)c(F)c1. The molecule has 0 radical (unpaired) electrons. The van der Waals surface area contributed by atoms with Crippen LogP contribution in [0.2, 0.25) is 10.0 Å². The largest absolute Gasteiger partial charge is 0.380 e. The van der Waals surface area contributed by atoms with Gasteiger partial charge < -0.3 is 5.32 Å². The average Bonchev–Trinajstić information content (AvgIpc) is 2.39. The lowest BCUT2D eigenvalue weighted by Crippen LogP contribution is -2.02. The van der Waals surface area contributed by atoms with Gasteiger partial charge >= 0.3 is 0 Å². The summed E-state index contributed by atoms with van der Waals surface area (Å²) in [6.07, 6.45) is 0. The number of anilines is 1. The fourth-order valence-electron chi connectivity index (χ4n) is 1.58. The molecule has 0 atom stereocenters. The van der Waals surface area contributed by atoms with Crippen LogP contribution < -0.4 is 5.32 Å². The molecule has 5 heteroatoms. The third kappa shape index (κ3) is 3.37. The van der Waals surface area contributed by atoms with Crippen molar-refractivity contribution < 1.29 is 4.39 Å². The van der Waals surface area contributed by atoms with Crippen molar-refractivity contribution in [2.45, 2.75) is 6.54 Å². The fraction of sp³-hybridized carbons (Fsp3) is 0.0714. The predicted molar refractivity (Wildman–Crippen MR) is 74.9 cm³/mol. The maximum Gasteiger partial charge on any atom is 0.129 e. The Balaban J connectivity index is 2.13. The molecule has 2 nitrogen and oxygen atoms in total. The van der Waals surface area contributed by atoms with Gasteiger partial charge in [-0.05, 0) is 30.3 Å². The van der Waals surface area contributed by atoms with E-state index < -0.39 is 5.82 Å². The molecule has 0 amide bonds. The van der Waals surface area contributed by atoms with Crippen molar-refractivity contribution in [2.24, 2.45) is 0 Å². The van der Waals surface area contributed by atoms with Gasteiger partial charge in [-0.2, -0.15) is 5.26 Å². The summed E-state index contributed by atoms with van der Waals surface area (Å²) in [5.74, 6) is -0.420. The third-order valence-electron chi connectivity index (χ3n) is 2.58. The quantitative estimate of drug-likeness (QED) is 0.897. The van der Waals surface area contributed by atoms with Crippen molar-refractivity contribution in [1.29, 1.82) is 5.26 Å². The highest BCUT2D eigenvalue weighted by molar-refractivity contribution is 6.36. The van der Waals surface area contributed by atoms with Gasteiger partial charge in [0, 0.05) is 17.1 Å². The molecule has 2 aromatic carbocycles. The normalized spacial score (nSPS) is 10.0. The first-order chi connectivity index (χ1) is 9.10. The molecule has 0 aliphatic carbocycles. The Morgan fingerprint density at radius 3 is 2.58 bits per heavy atom. The van der Waals surface area contributed by atoms with Crippen LogP contribution in [-0.4, -0.2) is 0 Å². The number of benzene rings is 2. The van der Waals surface area contributed by atoms with Gasteiger partial charge in [0.05, 0.1) is 22.3 Å². The molecule has 0 saturated heterocycles. The number of halogens is 3. The van der Waals surface area contributed by atoms with E-state index in [1.807, 2.05) is 6.07 Å². The Hall–Kier alpha value is -1.76. The molecule has 0 fully saturated rings. The number of nitriles is 1. The summed E-state index contributed by atoms with van der Waals surface area (Å²) < 4.78 is 13.7. The number of hydrogen-bond donors (Lipinski definition) is 1. The van der Waals surface area contributed by atoms with E-state index in [-0.39, 0.29) is 6.54 Å². The molecule has 0 spiro atoms. The molecule has 0 saturated carbocycles. The number of hydrogen-bond acceptors (Lipinski definition) is 2. The summed E-state index contributed by atoms with van der Waals surface area (Å²) in [6, 6.07) is 11.3. The molecule has 2 aromatic rings. The van der Waals surface area contributed by atoms with E-state index in [9.17, 15) is 4.39 Å². The fourth-order valence-corrected chi connectivity index (χ4v) is 2.06. The zero-order chi connectivity index (χ0) is 13.8. The summed E-state index contributed by atoms with van der Waals surface area (Å²) >= 11 is 11.8. The van der Waals surface area contributed by atoms with E-state index in [1.165, 1.54) is 6.07 Å². The smallest absolute Gasteiger partial charge is 0.129 e. The van der Waals surface area contributed by atoms with Crippen molar-refractivity contribution >= 4 is 28.9 Å². The van der Waals surface area contributed by atoms with Crippen molar-refractivity contribution in [1.82, 2.24) is 0 Å². The Labute approximate surface area is 120 Å². The van der Waals surface area contributed by atoms with E-state index >= 15 is 0 Å². The summed E-state index contributed by atoms with van der Waals surface area (Å²) in [5, 5.41) is 12.7. The van der Waals surface area contributed by atoms with E-state index in [1.54, 1.807) is 30.3 Å². The van der Waals surface area contributed by atoms with Gasteiger partial charge in [0.25, 0.3) is 0 Å². The molecule has 1 N–H and O–H groups in total. The van der Waals surface area contributed by atoms with Crippen LogP contribution in [0.4, 0.5) is 10.1 Å². The molecule has 0 unspecified atom stereocenters. The highest BCUT2D eigenvalue weighted by Gasteiger charge is 2.05. The highest BCUT2D eigenvalue weighted by Crippen LogP contribution is 2.26. The standard InChI is InChI=1S/C14H9Cl2FN2/c15-11-3-4-14(12(16)6-11)19-8-10-2-1-9(7-18)5-13(10)17/h1-6,19H,8H2. The first-order valence-electron chi connectivity index (χ1n) is 5.47. The predicted octanol–water partition coefficient (Wildman–Crippen LogP) is 4.62. The number of rotatable bonds is 3. The molecular weight excluding hydrogens is 286 g/mol. The second-order valence-electron chi connectivity index (χ2n) is 3.90. The maximum absolute atomic E-state index is 13.7. The molecule has 0 aliphatic heterocycles. The zero-order valence-corrected chi connectivity index (χ0v) is 11.3. The monoisotopic (exact) mass is 294 g/mol. The summed E-state index contributed by atoms with van der Waals surface area (Å²) in [5.41, 5.74) is 1.44. The van der Waals surface area contributed by atoms with Crippen LogP contribution in [0.3, 0.4) is 0 Å². The second kappa shape index (κ2) is 5.92. The second-order valence-corrected chi connectivity index (χ2v) is 4.74. The minimum Gasteiger partial charge on any atom is -0.380 e. The van der Waals surface area contributed by atoms with Gasteiger partial charge in [-0.15, -0.1) is 0 Å². The first kappa shape index (κ1) is 13.7. The van der Waals surface area contributed by atoms with Crippen LogP contribution in [-0.2, 0) is 6.54 Å². The lowest BCUT2D eigenvalue weighted by Gasteiger charge is -2.09. The lowest BCUT2D eigenvalue weighted by molar-refractivity contribution is 0.612. The highest BCUT2D eigenvalue weighted by atomic mass is 35.5. The molecule has 0 heterocycles. The Kier molecular flexibility index (Phi) is 4.26. The van der Waals surface area contributed by atoms with Gasteiger partial charge in [-0.1, -0.05) is 29.3 Å². The van der Waals surface area contributed by atoms with Gasteiger partial charge in [0.15, 0.2) is 0 Å². The number of nitrogens with one attached hydrogen (secondary N) is 1. The van der Waals surface area contributed by atoms with Crippen LogP contribution >= 0.6 is 23.2 Å². The van der Waals surface area contributed by atoms with Crippen LogP contribution in [0.1, 0.15) is 11.1 Å².